The summed E-state index contributed by atoms with van der Waals surface area (Å²) in [6.45, 7) is 0.353. The summed E-state index contributed by atoms with van der Waals surface area (Å²) >= 11 is 0.965. The monoisotopic (exact) mass is 248 g/mol. The average Bonchev–Trinajstić information content (AvgIpc) is 2.31. The fraction of sp³-hybridized carbons (Fsp3) is 1.00. The summed E-state index contributed by atoms with van der Waals surface area (Å²) in [6, 6.07) is 0. The molecule has 2 nitrogen and oxygen atoms in total. The van der Waals surface area contributed by atoms with Gasteiger partial charge >= 0.3 is 0 Å². The minimum absolute atomic E-state index is 0.353. The van der Waals surface area contributed by atoms with Gasteiger partial charge in [0.2, 0.25) is 0 Å². The Morgan fingerprint density at radius 2 is 0.938 bits per heavy atom. The normalized spacial score (nSPS) is 10.9. The molecular formula is C13H28O2S. The van der Waals surface area contributed by atoms with Crippen LogP contribution in [0.2, 0.25) is 0 Å². The van der Waals surface area contributed by atoms with Crippen LogP contribution in [0.15, 0.2) is 0 Å². The summed E-state index contributed by atoms with van der Waals surface area (Å²) in [6.07, 6.45) is 14.0. The third-order valence-electron chi connectivity index (χ3n) is 2.89. The Kier molecular flexibility index (Phi) is 15.5. The molecule has 0 unspecified atom stereocenters. The molecule has 0 aromatic heterocycles. The summed E-state index contributed by atoms with van der Waals surface area (Å²) in [5.41, 5.74) is 0. The predicted octanol–water partition coefficient (Wildman–Crippen LogP) is 4.48. The van der Waals surface area contributed by atoms with Gasteiger partial charge < -0.3 is 9.66 Å². The van der Waals surface area contributed by atoms with Gasteiger partial charge in [-0.15, -0.1) is 0 Å². The smallest absolute Gasteiger partial charge is 0.0431 e. The second kappa shape index (κ2) is 15.3. The van der Waals surface area contributed by atoms with Gasteiger partial charge in [0.1, 0.15) is 0 Å². The van der Waals surface area contributed by atoms with Gasteiger partial charge in [-0.2, -0.15) is 0 Å². The summed E-state index contributed by atoms with van der Waals surface area (Å²) in [7, 11) is 0. The van der Waals surface area contributed by atoms with Crippen LogP contribution in [0.3, 0.4) is 0 Å². The van der Waals surface area contributed by atoms with E-state index in [1.807, 2.05) is 0 Å². The highest BCUT2D eigenvalue weighted by atomic mass is 32.2. The van der Waals surface area contributed by atoms with E-state index in [-0.39, 0.29) is 0 Å². The molecule has 0 aliphatic carbocycles. The van der Waals surface area contributed by atoms with Crippen molar-refractivity contribution in [3.63, 3.8) is 0 Å². The molecular weight excluding hydrogens is 220 g/mol. The molecule has 0 atom stereocenters. The molecule has 0 heterocycles. The highest BCUT2D eigenvalue weighted by Gasteiger charge is 1.93. The molecule has 0 amide bonds. The lowest BCUT2D eigenvalue weighted by molar-refractivity contribution is 0.282. The molecule has 2 N–H and O–H groups in total. The molecule has 0 fully saturated rings. The maximum atomic E-state index is 8.61. The van der Waals surface area contributed by atoms with Crippen LogP contribution in [-0.2, 0) is 0 Å². The van der Waals surface area contributed by atoms with Gasteiger partial charge in [-0.1, -0.05) is 57.8 Å². The predicted molar refractivity (Wildman–Crippen MR) is 73.0 cm³/mol. The Labute approximate surface area is 105 Å². The molecule has 0 rings (SSSR count). The van der Waals surface area contributed by atoms with E-state index in [1.54, 1.807) is 0 Å². The van der Waals surface area contributed by atoms with Crippen LogP contribution >= 0.6 is 12.0 Å². The zero-order valence-electron chi connectivity index (χ0n) is 10.5. The molecule has 0 aliphatic rings. The van der Waals surface area contributed by atoms with Crippen molar-refractivity contribution in [1.29, 1.82) is 0 Å². The lowest BCUT2D eigenvalue weighted by atomic mass is 10.1. The van der Waals surface area contributed by atoms with Gasteiger partial charge in [0.15, 0.2) is 0 Å². The largest absolute Gasteiger partial charge is 0.396 e. The van der Waals surface area contributed by atoms with Gasteiger partial charge in [0.25, 0.3) is 0 Å². The maximum Gasteiger partial charge on any atom is 0.0431 e. The molecule has 3 heteroatoms. The summed E-state index contributed by atoms with van der Waals surface area (Å²) in [4.78, 5) is 0. The molecule has 0 radical (unpaired) electrons. The van der Waals surface area contributed by atoms with E-state index in [2.05, 4.69) is 0 Å². The van der Waals surface area contributed by atoms with Gasteiger partial charge in [0, 0.05) is 12.4 Å². The molecule has 0 bridgehead atoms. The number of rotatable bonds is 13. The van der Waals surface area contributed by atoms with E-state index in [0.717, 1.165) is 30.6 Å². The Morgan fingerprint density at radius 3 is 1.31 bits per heavy atom. The lowest BCUT2D eigenvalue weighted by Gasteiger charge is -2.02. The van der Waals surface area contributed by atoms with E-state index in [1.165, 1.54) is 57.8 Å². The lowest BCUT2D eigenvalue weighted by Crippen LogP contribution is -1.85. The Bertz CT molecular complexity index is 107. The van der Waals surface area contributed by atoms with Crippen molar-refractivity contribution in [2.75, 3.05) is 12.4 Å². The number of unbranched alkanes of at least 4 members (excludes halogenated alkanes) is 10. The van der Waals surface area contributed by atoms with Crippen LogP contribution < -0.4 is 0 Å². The highest BCUT2D eigenvalue weighted by Crippen LogP contribution is 2.11. The van der Waals surface area contributed by atoms with Crippen molar-refractivity contribution in [2.24, 2.45) is 0 Å². The van der Waals surface area contributed by atoms with E-state index in [4.69, 9.17) is 9.66 Å². The number of hydrogen-bond acceptors (Lipinski definition) is 3. The first-order valence-electron chi connectivity index (χ1n) is 6.79. The fourth-order valence-electron chi connectivity index (χ4n) is 1.87. The first kappa shape index (κ1) is 16.3. The van der Waals surface area contributed by atoms with Gasteiger partial charge in [-0.05, 0) is 24.9 Å². The number of aliphatic hydroxyl groups is 1. The van der Waals surface area contributed by atoms with Crippen molar-refractivity contribution in [3.05, 3.63) is 0 Å². The maximum absolute atomic E-state index is 8.61. The van der Waals surface area contributed by atoms with E-state index in [9.17, 15) is 0 Å². The van der Waals surface area contributed by atoms with E-state index in [0.29, 0.717) is 6.61 Å². The first-order valence-corrected chi connectivity index (χ1v) is 7.73. The highest BCUT2D eigenvalue weighted by molar-refractivity contribution is 7.93. The van der Waals surface area contributed by atoms with Crippen LogP contribution in [0, 0.1) is 0 Å². The first-order chi connectivity index (χ1) is 7.91. The van der Waals surface area contributed by atoms with Crippen LogP contribution in [0.5, 0.6) is 0 Å². The van der Waals surface area contributed by atoms with Crippen molar-refractivity contribution >= 4 is 12.0 Å². The Hall–Kier alpha value is 0.270. The summed E-state index contributed by atoms with van der Waals surface area (Å²) in [5, 5.41) is 8.61. The minimum Gasteiger partial charge on any atom is -0.396 e. The SMILES string of the molecule is OCCCCCCCCCCCCCSO. The average molecular weight is 248 g/mol. The third kappa shape index (κ3) is 14.3. The molecule has 0 spiro atoms. The van der Waals surface area contributed by atoms with Crippen molar-refractivity contribution in [3.8, 4) is 0 Å². The third-order valence-corrected chi connectivity index (χ3v) is 3.36. The standard InChI is InChI=1S/C13H28O2S/c14-12-10-8-6-4-2-1-3-5-7-9-11-13-16-15/h14-15H,1-13H2. The molecule has 16 heavy (non-hydrogen) atoms. The number of aliphatic hydroxyl groups excluding tert-OH is 1. The fourth-order valence-corrected chi connectivity index (χ4v) is 2.20. The number of hydrogen-bond donors (Lipinski definition) is 2. The van der Waals surface area contributed by atoms with Crippen LogP contribution in [0.1, 0.15) is 70.6 Å². The molecule has 0 saturated heterocycles. The molecule has 0 aromatic rings. The topological polar surface area (TPSA) is 40.5 Å². The second-order valence-corrected chi connectivity index (χ2v) is 5.11. The van der Waals surface area contributed by atoms with E-state index < -0.39 is 0 Å². The molecule has 0 aliphatic heterocycles. The zero-order chi connectivity index (χ0) is 11.9. The summed E-state index contributed by atoms with van der Waals surface area (Å²) in [5.74, 6) is 0.894. The molecule has 0 saturated carbocycles. The van der Waals surface area contributed by atoms with E-state index >= 15 is 0 Å². The van der Waals surface area contributed by atoms with Crippen molar-refractivity contribution in [2.45, 2.75) is 70.6 Å². The van der Waals surface area contributed by atoms with Crippen molar-refractivity contribution < 1.29 is 9.66 Å². The quantitative estimate of drug-likeness (QED) is 0.373. The van der Waals surface area contributed by atoms with Crippen LogP contribution in [-0.4, -0.2) is 22.0 Å². The molecule has 98 valence electrons. The van der Waals surface area contributed by atoms with Gasteiger partial charge in [-0.3, -0.25) is 0 Å². The molecule has 0 aromatic carbocycles. The summed E-state index contributed by atoms with van der Waals surface area (Å²) < 4.78 is 8.53. The Morgan fingerprint density at radius 1 is 0.562 bits per heavy atom. The van der Waals surface area contributed by atoms with Crippen molar-refractivity contribution in [1.82, 2.24) is 0 Å². The second-order valence-electron chi connectivity index (χ2n) is 4.45. The van der Waals surface area contributed by atoms with Gasteiger partial charge in [0.05, 0.1) is 0 Å². The minimum atomic E-state index is 0.353. The van der Waals surface area contributed by atoms with Gasteiger partial charge in [-0.25, -0.2) is 0 Å². The Balaban J connectivity index is 2.83. The van der Waals surface area contributed by atoms with Crippen LogP contribution in [0.4, 0.5) is 0 Å². The van der Waals surface area contributed by atoms with Crippen LogP contribution in [0.25, 0.3) is 0 Å². The zero-order valence-corrected chi connectivity index (χ0v) is 11.3.